The molecule has 0 bridgehead atoms. The highest BCUT2D eigenvalue weighted by molar-refractivity contribution is 7.15. The number of amides is 1. The molecule has 0 spiro atoms. The van der Waals surface area contributed by atoms with Gasteiger partial charge in [0, 0.05) is 34.1 Å². The largest absolute Gasteiger partial charge is 0.394 e. The molecule has 0 aromatic carbocycles. The quantitative estimate of drug-likeness (QED) is 0.201. The minimum absolute atomic E-state index is 0.114. The van der Waals surface area contributed by atoms with Gasteiger partial charge in [0.1, 0.15) is 24.4 Å². The van der Waals surface area contributed by atoms with E-state index in [1.807, 2.05) is 24.3 Å². The predicted octanol–water partition coefficient (Wildman–Crippen LogP) is -0.0181. The van der Waals surface area contributed by atoms with Crippen LogP contribution in [0.2, 0.25) is 0 Å². The van der Waals surface area contributed by atoms with Crippen molar-refractivity contribution < 1.29 is 40.2 Å². The van der Waals surface area contributed by atoms with Crippen molar-refractivity contribution in [3.63, 3.8) is 0 Å². The number of rotatable bonds is 12. The number of aliphatic hydroxyl groups is 6. The van der Waals surface area contributed by atoms with Crippen molar-refractivity contribution in [2.45, 2.75) is 87.8 Å². The Morgan fingerprint density at radius 1 is 1.14 bits per heavy atom. The van der Waals surface area contributed by atoms with E-state index in [1.165, 1.54) is 6.92 Å². The third-order valence-electron chi connectivity index (χ3n) is 6.44. The molecule has 3 heterocycles. The van der Waals surface area contributed by atoms with E-state index in [0.717, 1.165) is 15.3 Å². The fraction of sp³-hybridized carbons (Fsp3) is 0.600. The number of pyridine rings is 1. The summed E-state index contributed by atoms with van der Waals surface area (Å²) in [5, 5.41) is 62.6. The van der Waals surface area contributed by atoms with Gasteiger partial charge in [-0.1, -0.05) is 6.07 Å². The van der Waals surface area contributed by atoms with Crippen molar-refractivity contribution in [3.8, 4) is 10.4 Å². The van der Waals surface area contributed by atoms with Crippen LogP contribution >= 0.6 is 11.3 Å². The Morgan fingerprint density at radius 2 is 1.89 bits per heavy atom. The fourth-order valence-electron chi connectivity index (χ4n) is 4.30. The monoisotopic (exact) mass is 524 g/mol. The molecule has 2 aromatic heterocycles. The van der Waals surface area contributed by atoms with E-state index in [4.69, 9.17) is 4.74 Å². The van der Waals surface area contributed by atoms with Gasteiger partial charge in [0.15, 0.2) is 0 Å². The Kier molecular flexibility index (Phi) is 10.8. The van der Waals surface area contributed by atoms with Crippen molar-refractivity contribution in [2.75, 3.05) is 6.61 Å². The molecular formula is C25H36N2O8S. The Labute approximate surface area is 214 Å². The predicted molar refractivity (Wildman–Crippen MR) is 133 cm³/mol. The van der Waals surface area contributed by atoms with Crippen LogP contribution < -0.4 is 5.32 Å². The minimum Gasteiger partial charge on any atom is -0.394 e. The lowest BCUT2D eigenvalue weighted by atomic mass is 9.90. The maximum absolute atomic E-state index is 12.6. The molecule has 1 saturated heterocycles. The summed E-state index contributed by atoms with van der Waals surface area (Å²) >= 11 is 1.65. The Balaban J connectivity index is 1.51. The Hall–Kier alpha value is -1.96. The first-order valence-electron chi connectivity index (χ1n) is 12.2. The average Bonchev–Trinajstić information content (AvgIpc) is 3.35. The molecule has 10 nitrogen and oxygen atoms in total. The number of carbonyl (C=O) groups is 1. The molecule has 200 valence electrons. The molecule has 2 aromatic rings. The number of aliphatic hydroxyl groups excluding tert-OH is 6. The molecular weight excluding hydrogens is 488 g/mol. The third-order valence-corrected chi connectivity index (χ3v) is 7.64. The van der Waals surface area contributed by atoms with Gasteiger partial charge in [0.05, 0.1) is 31.0 Å². The van der Waals surface area contributed by atoms with Crippen LogP contribution in [0.25, 0.3) is 10.4 Å². The summed E-state index contributed by atoms with van der Waals surface area (Å²) in [6.07, 6.45) is -3.33. The van der Waals surface area contributed by atoms with E-state index in [9.17, 15) is 35.4 Å². The molecule has 36 heavy (non-hydrogen) atoms. The van der Waals surface area contributed by atoms with E-state index < -0.39 is 55.4 Å². The van der Waals surface area contributed by atoms with Crippen molar-refractivity contribution in [3.05, 3.63) is 41.5 Å². The minimum atomic E-state index is -1.49. The first kappa shape index (κ1) is 28.6. The lowest BCUT2D eigenvalue weighted by Gasteiger charge is -2.40. The topological polar surface area (TPSA) is 173 Å². The smallest absolute Gasteiger partial charge is 0.220 e. The van der Waals surface area contributed by atoms with Gasteiger partial charge in [-0.25, -0.2) is 0 Å². The molecule has 1 fully saturated rings. The van der Waals surface area contributed by atoms with Crippen molar-refractivity contribution in [1.29, 1.82) is 0 Å². The molecule has 1 amide bonds. The third kappa shape index (κ3) is 7.53. The van der Waals surface area contributed by atoms with Crippen LogP contribution in [0.4, 0.5) is 0 Å². The second kappa shape index (κ2) is 13.5. The standard InChI is InChI=1S/C25H36N2O8S/c1-14(29)22(31)17(8-9-18-23(32)25(34)24(33)19(13-28)35-18)27-21(30)6-2-5-16-7-10-20(36-16)15-4-3-11-26-12-15/h3-4,7,10-12,14,17-19,22-25,28-29,31-34H,2,5-6,8-9,13H2,1H3,(H,27,30). The normalized spacial score (nSPS) is 26.8. The van der Waals surface area contributed by atoms with Gasteiger partial charge < -0.3 is 40.7 Å². The van der Waals surface area contributed by atoms with E-state index in [1.54, 1.807) is 23.7 Å². The first-order chi connectivity index (χ1) is 17.2. The van der Waals surface area contributed by atoms with Gasteiger partial charge in [-0.2, -0.15) is 0 Å². The summed E-state index contributed by atoms with van der Waals surface area (Å²) in [6, 6.07) is 7.13. The number of aryl methyl sites for hydroxylation is 1. The molecule has 0 saturated carbocycles. The van der Waals surface area contributed by atoms with Gasteiger partial charge >= 0.3 is 0 Å². The van der Waals surface area contributed by atoms with Crippen LogP contribution in [-0.2, 0) is 16.0 Å². The van der Waals surface area contributed by atoms with Crippen molar-refractivity contribution in [1.82, 2.24) is 10.3 Å². The molecule has 8 atom stereocenters. The van der Waals surface area contributed by atoms with E-state index >= 15 is 0 Å². The van der Waals surface area contributed by atoms with Gasteiger partial charge in [-0.05, 0) is 50.8 Å². The van der Waals surface area contributed by atoms with Crippen molar-refractivity contribution in [2.24, 2.45) is 0 Å². The molecule has 3 rings (SSSR count). The zero-order valence-corrected chi connectivity index (χ0v) is 21.0. The van der Waals surface area contributed by atoms with Crippen LogP contribution in [0.3, 0.4) is 0 Å². The molecule has 1 aliphatic rings. The summed E-state index contributed by atoms with van der Waals surface area (Å²) in [6.45, 7) is 0.875. The van der Waals surface area contributed by atoms with Crippen LogP contribution in [-0.4, -0.2) is 96.9 Å². The van der Waals surface area contributed by atoms with Crippen molar-refractivity contribution >= 4 is 17.2 Å². The summed E-state index contributed by atoms with van der Waals surface area (Å²) in [4.78, 5) is 19.0. The first-order valence-corrected chi connectivity index (χ1v) is 13.0. The number of nitrogens with one attached hydrogen (secondary N) is 1. The maximum atomic E-state index is 12.6. The van der Waals surface area contributed by atoms with Gasteiger partial charge in [-0.15, -0.1) is 11.3 Å². The zero-order valence-electron chi connectivity index (χ0n) is 20.2. The second-order valence-electron chi connectivity index (χ2n) is 9.21. The number of aromatic nitrogens is 1. The number of ether oxygens (including phenoxy) is 1. The van der Waals surface area contributed by atoms with Crippen LogP contribution in [0.15, 0.2) is 36.7 Å². The number of nitrogens with zero attached hydrogens (tertiary/aromatic N) is 1. The summed E-state index contributed by atoms with van der Waals surface area (Å²) in [5.41, 5.74) is 1.04. The highest BCUT2D eigenvalue weighted by Gasteiger charge is 2.43. The Morgan fingerprint density at radius 3 is 2.56 bits per heavy atom. The van der Waals surface area contributed by atoms with E-state index in [-0.39, 0.29) is 25.2 Å². The Bertz CT molecular complexity index is 941. The summed E-state index contributed by atoms with van der Waals surface area (Å²) in [7, 11) is 0. The van der Waals surface area contributed by atoms with Gasteiger partial charge in [-0.3, -0.25) is 9.78 Å². The van der Waals surface area contributed by atoms with E-state index in [0.29, 0.717) is 12.8 Å². The summed E-state index contributed by atoms with van der Waals surface area (Å²) < 4.78 is 5.50. The number of hydrogen-bond acceptors (Lipinski definition) is 10. The van der Waals surface area contributed by atoms with Crippen LogP contribution in [0, 0.1) is 0 Å². The number of hydrogen-bond donors (Lipinski definition) is 7. The highest BCUT2D eigenvalue weighted by Crippen LogP contribution is 2.28. The van der Waals surface area contributed by atoms with Gasteiger partial charge in [0.25, 0.3) is 0 Å². The summed E-state index contributed by atoms with van der Waals surface area (Å²) in [5.74, 6) is -0.280. The number of thiophene rings is 1. The molecule has 0 aliphatic carbocycles. The highest BCUT2D eigenvalue weighted by atomic mass is 32.1. The average molecular weight is 525 g/mol. The van der Waals surface area contributed by atoms with Gasteiger partial charge in [0.2, 0.25) is 5.91 Å². The fourth-order valence-corrected chi connectivity index (χ4v) is 5.34. The lowest BCUT2D eigenvalue weighted by Crippen LogP contribution is -2.58. The molecule has 8 unspecified atom stereocenters. The van der Waals surface area contributed by atoms with Crippen LogP contribution in [0.1, 0.15) is 37.5 Å². The van der Waals surface area contributed by atoms with E-state index in [2.05, 4.69) is 10.3 Å². The molecule has 0 radical (unpaired) electrons. The second-order valence-corrected chi connectivity index (χ2v) is 10.4. The zero-order chi connectivity index (χ0) is 26.2. The maximum Gasteiger partial charge on any atom is 0.220 e. The molecule has 11 heteroatoms. The van der Waals surface area contributed by atoms with Crippen LogP contribution in [0.5, 0.6) is 0 Å². The number of carbonyl (C=O) groups excluding carboxylic acids is 1. The molecule has 1 aliphatic heterocycles. The lowest BCUT2D eigenvalue weighted by molar-refractivity contribution is -0.231. The SMILES string of the molecule is CC(O)C(O)C(CCC1OC(CO)C(O)C(O)C1O)NC(=O)CCCc1ccc(-c2cccnc2)s1. The molecule has 7 N–H and O–H groups in total.